The molecule has 0 spiro atoms. The van der Waals surface area contributed by atoms with Crippen molar-refractivity contribution in [3.63, 3.8) is 0 Å². The van der Waals surface area contributed by atoms with E-state index >= 15 is 0 Å². The Morgan fingerprint density at radius 2 is 1.96 bits per heavy atom. The highest BCUT2D eigenvalue weighted by molar-refractivity contribution is 8.00. The zero-order valence-corrected chi connectivity index (χ0v) is 13.8. The van der Waals surface area contributed by atoms with Gasteiger partial charge in [0.15, 0.2) is 0 Å². The number of aryl methyl sites for hydroxylation is 1. The molecule has 124 valence electrons. The van der Waals surface area contributed by atoms with Gasteiger partial charge < -0.3 is 9.73 Å². The normalized spacial score (nSPS) is 16.1. The number of carbonyl (C=O) groups is 3. The largest absolute Gasteiger partial charge is 0.469 e. The fourth-order valence-electron chi connectivity index (χ4n) is 2.22. The van der Waals surface area contributed by atoms with Crippen LogP contribution in [0.1, 0.15) is 33.4 Å². The van der Waals surface area contributed by atoms with Gasteiger partial charge in [-0.1, -0.05) is 0 Å². The zero-order chi connectivity index (χ0) is 17.3. The summed E-state index contributed by atoms with van der Waals surface area (Å²) in [7, 11) is 0. The van der Waals surface area contributed by atoms with Crippen LogP contribution < -0.4 is 16.2 Å². The van der Waals surface area contributed by atoms with Crippen LogP contribution in [0.15, 0.2) is 39.8 Å². The maximum Gasteiger partial charge on any atom is 0.273 e. The van der Waals surface area contributed by atoms with E-state index in [1.165, 1.54) is 24.1 Å². The average Bonchev–Trinajstić information content (AvgIpc) is 2.99. The topological polar surface area (TPSA) is 100 Å². The number of hydrazine groups is 1. The molecule has 2 aromatic rings. The van der Waals surface area contributed by atoms with Gasteiger partial charge in [-0.2, -0.15) is 0 Å². The number of hydrogen-bond acceptors (Lipinski definition) is 5. The van der Waals surface area contributed by atoms with Crippen LogP contribution in [0.3, 0.4) is 0 Å². The molecule has 3 amide bonds. The molecule has 0 unspecified atom stereocenters. The second-order valence-corrected chi connectivity index (χ2v) is 6.64. The Morgan fingerprint density at radius 1 is 1.21 bits per heavy atom. The molecule has 3 N–H and O–H groups in total. The summed E-state index contributed by atoms with van der Waals surface area (Å²) in [5.74, 6) is -0.589. The van der Waals surface area contributed by atoms with Crippen molar-refractivity contribution in [2.24, 2.45) is 0 Å². The van der Waals surface area contributed by atoms with Crippen LogP contribution >= 0.6 is 11.8 Å². The molecule has 1 aromatic heterocycles. The second kappa shape index (κ2) is 6.40. The van der Waals surface area contributed by atoms with Crippen LogP contribution in [0.2, 0.25) is 0 Å². The van der Waals surface area contributed by atoms with Gasteiger partial charge in [-0.3, -0.25) is 25.2 Å². The maximum atomic E-state index is 12.2. The molecule has 0 fully saturated rings. The summed E-state index contributed by atoms with van der Waals surface area (Å²) in [6.45, 7) is 3.47. The van der Waals surface area contributed by atoms with Crippen molar-refractivity contribution in [3.8, 4) is 0 Å². The quantitative estimate of drug-likeness (QED) is 0.724. The van der Waals surface area contributed by atoms with Crippen LogP contribution in [0.4, 0.5) is 5.69 Å². The minimum Gasteiger partial charge on any atom is -0.469 e. The van der Waals surface area contributed by atoms with Crippen LogP contribution in [0.5, 0.6) is 0 Å². The van der Waals surface area contributed by atoms with E-state index < -0.39 is 11.8 Å². The first-order valence-corrected chi connectivity index (χ1v) is 8.10. The number of thioether (sulfide) groups is 1. The van der Waals surface area contributed by atoms with Crippen molar-refractivity contribution >= 4 is 35.2 Å². The maximum absolute atomic E-state index is 12.2. The zero-order valence-electron chi connectivity index (χ0n) is 13.0. The average molecular weight is 345 g/mol. The molecule has 0 aliphatic carbocycles. The van der Waals surface area contributed by atoms with Gasteiger partial charge in [-0.25, -0.2) is 0 Å². The number of anilines is 1. The standard InChI is InChI=1S/C16H15N3O4S/c1-8-11(5-6-23-8)16(22)19-18-15(21)10-3-4-13-12(7-10)17-14(20)9(2)24-13/h3-7,9H,1-2H3,(H,17,20)(H,18,21)(H,19,22)/t9-/m1/s1. The molecule has 1 aliphatic rings. The number of furan rings is 1. The monoisotopic (exact) mass is 345 g/mol. The van der Waals surface area contributed by atoms with Gasteiger partial charge in [-0.15, -0.1) is 11.8 Å². The van der Waals surface area contributed by atoms with Crippen molar-refractivity contribution in [2.45, 2.75) is 24.0 Å². The Hall–Kier alpha value is -2.74. The fourth-order valence-corrected chi connectivity index (χ4v) is 3.15. The summed E-state index contributed by atoms with van der Waals surface area (Å²) >= 11 is 1.43. The van der Waals surface area contributed by atoms with Crippen LogP contribution in [0, 0.1) is 6.92 Å². The summed E-state index contributed by atoms with van der Waals surface area (Å²) in [5, 5.41) is 2.59. The Bertz CT molecular complexity index is 830. The van der Waals surface area contributed by atoms with E-state index in [4.69, 9.17) is 4.42 Å². The van der Waals surface area contributed by atoms with Gasteiger partial charge in [0.1, 0.15) is 5.76 Å². The molecular formula is C16H15N3O4S. The highest BCUT2D eigenvalue weighted by Crippen LogP contribution is 2.35. The summed E-state index contributed by atoms with van der Waals surface area (Å²) in [5.41, 5.74) is 5.93. The minimum atomic E-state index is -0.481. The molecule has 1 atom stereocenters. The summed E-state index contributed by atoms with van der Waals surface area (Å²) in [4.78, 5) is 36.7. The molecule has 0 bridgehead atoms. The Labute approximate surface area is 142 Å². The summed E-state index contributed by atoms with van der Waals surface area (Å²) < 4.78 is 5.04. The molecule has 24 heavy (non-hydrogen) atoms. The van der Waals surface area contributed by atoms with Crippen LogP contribution in [-0.2, 0) is 4.79 Å². The van der Waals surface area contributed by atoms with Crippen LogP contribution in [0.25, 0.3) is 0 Å². The molecule has 0 saturated carbocycles. The van der Waals surface area contributed by atoms with Crippen molar-refractivity contribution in [1.29, 1.82) is 0 Å². The first-order chi connectivity index (χ1) is 11.5. The Kier molecular flexibility index (Phi) is 4.30. The molecule has 8 heteroatoms. The smallest absolute Gasteiger partial charge is 0.273 e. The number of nitrogens with one attached hydrogen (secondary N) is 3. The van der Waals surface area contributed by atoms with Gasteiger partial charge in [0.05, 0.1) is 22.8 Å². The summed E-state index contributed by atoms with van der Waals surface area (Å²) in [6, 6.07) is 6.51. The highest BCUT2D eigenvalue weighted by Gasteiger charge is 2.24. The second-order valence-electron chi connectivity index (χ2n) is 5.26. The van der Waals surface area contributed by atoms with E-state index in [0.717, 1.165) is 4.90 Å². The third-order valence-corrected chi connectivity index (χ3v) is 4.74. The lowest BCUT2D eigenvalue weighted by Crippen LogP contribution is -2.41. The van der Waals surface area contributed by atoms with Crippen molar-refractivity contribution in [2.75, 3.05) is 5.32 Å². The molecule has 2 heterocycles. The molecular weight excluding hydrogens is 330 g/mol. The van der Waals surface area contributed by atoms with Crippen LogP contribution in [-0.4, -0.2) is 23.0 Å². The van der Waals surface area contributed by atoms with Gasteiger partial charge in [-0.05, 0) is 38.1 Å². The predicted molar refractivity (Wildman–Crippen MR) is 88.8 cm³/mol. The first-order valence-electron chi connectivity index (χ1n) is 7.22. The van der Waals surface area contributed by atoms with E-state index in [-0.39, 0.29) is 11.2 Å². The lowest BCUT2D eigenvalue weighted by atomic mass is 10.2. The first kappa shape index (κ1) is 16.1. The third-order valence-electron chi connectivity index (χ3n) is 3.57. The number of amides is 3. The summed E-state index contributed by atoms with van der Waals surface area (Å²) in [6.07, 6.45) is 1.40. The SMILES string of the molecule is Cc1occc1C(=O)NNC(=O)c1ccc2c(c1)NC(=O)[C@@H](C)S2. The van der Waals surface area contributed by atoms with E-state index in [0.29, 0.717) is 22.6 Å². The lowest BCUT2D eigenvalue weighted by molar-refractivity contribution is -0.115. The lowest BCUT2D eigenvalue weighted by Gasteiger charge is -2.21. The van der Waals surface area contributed by atoms with Gasteiger partial charge in [0.25, 0.3) is 11.8 Å². The minimum absolute atomic E-state index is 0.103. The molecule has 3 rings (SSSR count). The molecule has 1 aliphatic heterocycles. The van der Waals surface area contributed by atoms with Crippen molar-refractivity contribution in [1.82, 2.24) is 10.9 Å². The van der Waals surface area contributed by atoms with Gasteiger partial charge in [0, 0.05) is 10.5 Å². The molecule has 1 aromatic carbocycles. The third kappa shape index (κ3) is 3.13. The van der Waals surface area contributed by atoms with Crippen molar-refractivity contribution in [3.05, 3.63) is 47.4 Å². The Morgan fingerprint density at radius 3 is 2.67 bits per heavy atom. The van der Waals surface area contributed by atoms with Gasteiger partial charge >= 0.3 is 0 Å². The fraction of sp³-hybridized carbons (Fsp3) is 0.188. The predicted octanol–water partition coefficient (Wildman–Crippen LogP) is 2.10. The van der Waals surface area contributed by atoms with E-state index in [2.05, 4.69) is 16.2 Å². The number of rotatable bonds is 2. The highest BCUT2D eigenvalue weighted by atomic mass is 32.2. The van der Waals surface area contributed by atoms with E-state index in [1.54, 1.807) is 25.1 Å². The number of hydrogen-bond donors (Lipinski definition) is 3. The number of fused-ring (bicyclic) bond motifs is 1. The molecule has 0 radical (unpaired) electrons. The Balaban J connectivity index is 1.68. The van der Waals surface area contributed by atoms with Gasteiger partial charge in [0.2, 0.25) is 5.91 Å². The van der Waals surface area contributed by atoms with E-state index in [1.807, 2.05) is 6.92 Å². The number of carbonyl (C=O) groups excluding carboxylic acids is 3. The van der Waals surface area contributed by atoms with E-state index in [9.17, 15) is 14.4 Å². The van der Waals surface area contributed by atoms with Crippen molar-refractivity contribution < 1.29 is 18.8 Å². The molecule has 7 nitrogen and oxygen atoms in total. The molecule has 0 saturated heterocycles. The number of benzene rings is 1.